The Labute approximate surface area is 160 Å². The summed E-state index contributed by atoms with van der Waals surface area (Å²) in [7, 11) is -1.17. The number of aliphatic hydroxyl groups excluding tert-OH is 1. The number of hydrogen-bond acceptors (Lipinski definition) is 7. The highest BCUT2D eigenvalue weighted by Crippen LogP contribution is 2.23. The van der Waals surface area contributed by atoms with Crippen LogP contribution in [0.25, 0.3) is 0 Å². The molecule has 8 heteroatoms. The second-order valence-corrected chi connectivity index (χ2v) is 9.10. The predicted molar refractivity (Wildman–Crippen MR) is 104 cm³/mol. The van der Waals surface area contributed by atoms with Crippen LogP contribution in [0.1, 0.15) is 24.5 Å². The van der Waals surface area contributed by atoms with Gasteiger partial charge >= 0.3 is 0 Å². The van der Waals surface area contributed by atoms with E-state index < -0.39 is 15.9 Å². The molecular formula is C19H26N4O3S. The van der Waals surface area contributed by atoms with Crippen molar-refractivity contribution in [1.29, 1.82) is 0 Å². The lowest BCUT2D eigenvalue weighted by Gasteiger charge is -2.37. The maximum absolute atomic E-state index is 11.5. The zero-order valence-electron chi connectivity index (χ0n) is 15.7. The number of nitrogens with zero attached hydrogens (tertiary/aromatic N) is 4. The molecule has 0 aliphatic carbocycles. The normalized spacial score (nSPS) is 17.6. The standard InChI is InChI=1S/C19H26N4O3S/c1-22(19-4-3-11-20-21-19)16-9-12-23(13-10-16)14-18(24)15-5-7-17(8-6-15)27(2,25)26/h3-8,11,16,18,24H,9-10,12-14H2,1-2H3. The Balaban J connectivity index is 1.53. The number of benzene rings is 1. The van der Waals surface area contributed by atoms with Crippen LogP contribution in [-0.4, -0.2) is 67.6 Å². The largest absolute Gasteiger partial charge is 0.387 e. The summed E-state index contributed by atoms with van der Waals surface area (Å²) in [6, 6.07) is 10.7. The average Bonchev–Trinajstić information content (AvgIpc) is 2.68. The summed E-state index contributed by atoms with van der Waals surface area (Å²) >= 11 is 0. The van der Waals surface area contributed by atoms with Gasteiger partial charge in [0.25, 0.3) is 0 Å². The summed E-state index contributed by atoms with van der Waals surface area (Å²) in [5.41, 5.74) is 0.737. The van der Waals surface area contributed by atoms with Crippen LogP contribution in [0.4, 0.5) is 5.82 Å². The summed E-state index contributed by atoms with van der Waals surface area (Å²) in [5.74, 6) is 0.877. The summed E-state index contributed by atoms with van der Waals surface area (Å²) < 4.78 is 23.1. The molecule has 0 spiro atoms. The molecule has 1 aromatic heterocycles. The number of anilines is 1. The summed E-state index contributed by atoms with van der Waals surface area (Å²) in [6.45, 7) is 2.33. The van der Waals surface area contributed by atoms with Gasteiger partial charge in [0, 0.05) is 45.2 Å². The van der Waals surface area contributed by atoms with Gasteiger partial charge in [0.05, 0.1) is 11.0 Å². The van der Waals surface area contributed by atoms with E-state index in [1.807, 2.05) is 19.2 Å². The highest BCUT2D eigenvalue weighted by molar-refractivity contribution is 7.90. The minimum Gasteiger partial charge on any atom is -0.387 e. The number of likely N-dealkylation sites (tertiary alicyclic amines) is 1. The Hall–Kier alpha value is -2.03. The van der Waals surface area contributed by atoms with Gasteiger partial charge in [-0.05, 0) is 42.7 Å². The molecule has 1 atom stereocenters. The molecular weight excluding hydrogens is 364 g/mol. The Bertz CT molecular complexity index is 835. The van der Waals surface area contributed by atoms with Crippen LogP contribution in [0.3, 0.4) is 0 Å². The van der Waals surface area contributed by atoms with Crippen LogP contribution in [0.15, 0.2) is 47.5 Å². The second kappa shape index (κ2) is 8.33. The van der Waals surface area contributed by atoms with Gasteiger partial charge < -0.3 is 14.9 Å². The second-order valence-electron chi connectivity index (χ2n) is 7.08. The van der Waals surface area contributed by atoms with E-state index in [-0.39, 0.29) is 4.90 Å². The first-order valence-electron chi connectivity index (χ1n) is 9.05. The van der Waals surface area contributed by atoms with Crippen molar-refractivity contribution in [2.45, 2.75) is 29.9 Å². The lowest BCUT2D eigenvalue weighted by atomic mass is 10.0. The first kappa shape index (κ1) is 19.7. The van der Waals surface area contributed by atoms with E-state index >= 15 is 0 Å². The van der Waals surface area contributed by atoms with Crippen molar-refractivity contribution in [3.05, 3.63) is 48.2 Å². The summed E-state index contributed by atoms with van der Waals surface area (Å²) in [6.07, 6.45) is 4.21. The fraction of sp³-hybridized carbons (Fsp3) is 0.474. The zero-order chi connectivity index (χ0) is 19.4. The molecule has 0 bridgehead atoms. The molecule has 1 fully saturated rings. The molecule has 1 aliphatic rings. The average molecular weight is 391 g/mol. The van der Waals surface area contributed by atoms with Crippen molar-refractivity contribution in [2.75, 3.05) is 37.8 Å². The molecule has 1 aliphatic heterocycles. The third kappa shape index (κ3) is 5.03. The van der Waals surface area contributed by atoms with Crippen LogP contribution in [0.5, 0.6) is 0 Å². The van der Waals surface area contributed by atoms with E-state index in [4.69, 9.17) is 0 Å². The maximum Gasteiger partial charge on any atom is 0.175 e. The highest BCUT2D eigenvalue weighted by Gasteiger charge is 2.25. The maximum atomic E-state index is 11.5. The number of hydrogen-bond donors (Lipinski definition) is 1. The lowest BCUT2D eigenvalue weighted by molar-refractivity contribution is 0.0972. The van der Waals surface area contributed by atoms with Crippen molar-refractivity contribution in [3.8, 4) is 0 Å². The van der Waals surface area contributed by atoms with Crippen LogP contribution in [-0.2, 0) is 9.84 Å². The van der Waals surface area contributed by atoms with E-state index in [0.717, 1.165) is 37.3 Å². The van der Waals surface area contributed by atoms with Gasteiger partial charge in [-0.25, -0.2) is 8.42 Å². The van der Waals surface area contributed by atoms with Crippen molar-refractivity contribution >= 4 is 15.7 Å². The third-order valence-electron chi connectivity index (χ3n) is 5.15. The Morgan fingerprint density at radius 1 is 1.22 bits per heavy atom. The quantitative estimate of drug-likeness (QED) is 0.800. The Kier molecular flexibility index (Phi) is 6.08. The molecule has 27 heavy (non-hydrogen) atoms. The van der Waals surface area contributed by atoms with E-state index in [0.29, 0.717) is 12.6 Å². The Morgan fingerprint density at radius 3 is 2.44 bits per heavy atom. The molecule has 0 saturated carbocycles. The summed E-state index contributed by atoms with van der Waals surface area (Å²) in [4.78, 5) is 4.69. The van der Waals surface area contributed by atoms with Crippen LogP contribution in [0.2, 0.25) is 0 Å². The fourth-order valence-electron chi connectivity index (χ4n) is 3.44. The molecule has 3 rings (SSSR count). The predicted octanol–water partition coefficient (Wildman–Crippen LogP) is 1.51. The lowest BCUT2D eigenvalue weighted by Crippen LogP contribution is -2.44. The van der Waals surface area contributed by atoms with Gasteiger partial charge in [-0.3, -0.25) is 0 Å². The van der Waals surface area contributed by atoms with Gasteiger partial charge in [0.2, 0.25) is 0 Å². The van der Waals surface area contributed by atoms with Gasteiger partial charge in [-0.2, -0.15) is 5.10 Å². The van der Waals surface area contributed by atoms with Crippen molar-refractivity contribution in [3.63, 3.8) is 0 Å². The topological polar surface area (TPSA) is 86.6 Å². The minimum atomic E-state index is -3.22. The van der Waals surface area contributed by atoms with E-state index in [1.165, 1.54) is 6.26 Å². The summed E-state index contributed by atoms with van der Waals surface area (Å²) in [5, 5.41) is 18.6. The van der Waals surface area contributed by atoms with Crippen molar-refractivity contribution in [1.82, 2.24) is 15.1 Å². The number of piperidine rings is 1. The molecule has 1 unspecified atom stereocenters. The zero-order valence-corrected chi connectivity index (χ0v) is 16.5. The molecule has 1 N–H and O–H groups in total. The van der Waals surface area contributed by atoms with E-state index in [1.54, 1.807) is 30.5 Å². The Morgan fingerprint density at radius 2 is 1.89 bits per heavy atom. The van der Waals surface area contributed by atoms with Gasteiger partial charge in [0.15, 0.2) is 15.7 Å². The minimum absolute atomic E-state index is 0.270. The van der Waals surface area contributed by atoms with E-state index in [2.05, 4.69) is 20.0 Å². The first-order chi connectivity index (χ1) is 12.8. The van der Waals surface area contributed by atoms with Gasteiger partial charge in [-0.1, -0.05) is 12.1 Å². The molecule has 2 heterocycles. The molecule has 146 valence electrons. The number of aromatic nitrogens is 2. The van der Waals surface area contributed by atoms with Crippen LogP contribution >= 0.6 is 0 Å². The monoisotopic (exact) mass is 390 g/mol. The number of β-amino-alcohol motifs (C(OH)–C–C–N with tert-alkyl or cyclic N) is 1. The van der Waals surface area contributed by atoms with E-state index in [9.17, 15) is 13.5 Å². The molecule has 1 aromatic carbocycles. The molecule has 0 radical (unpaired) electrons. The molecule has 0 amide bonds. The first-order valence-corrected chi connectivity index (χ1v) is 10.9. The number of rotatable bonds is 6. The third-order valence-corrected chi connectivity index (χ3v) is 6.28. The molecule has 7 nitrogen and oxygen atoms in total. The van der Waals surface area contributed by atoms with Gasteiger partial charge in [-0.15, -0.1) is 5.10 Å². The van der Waals surface area contributed by atoms with Crippen molar-refractivity contribution in [2.24, 2.45) is 0 Å². The number of aliphatic hydroxyl groups is 1. The number of sulfone groups is 1. The fourth-order valence-corrected chi connectivity index (χ4v) is 4.08. The molecule has 2 aromatic rings. The van der Waals surface area contributed by atoms with Crippen molar-refractivity contribution < 1.29 is 13.5 Å². The van der Waals surface area contributed by atoms with Crippen LogP contribution < -0.4 is 4.90 Å². The highest BCUT2D eigenvalue weighted by atomic mass is 32.2. The SMILES string of the molecule is CN(c1cccnn1)C1CCN(CC(O)c2ccc(S(C)(=O)=O)cc2)CC1. The van der Waals surface area contributed by atoms with Gasteiger partial charge in [0.1, 0.15) is 0 Å². The van der Waals surface area contributed by atoms with Crippen LogP contribution in [0, 0.1) is 0 Å². The smallest absolute Gasteiger partial charge is 0.175 e. The molecule has 1 saturated heterocycles.